The van der Waals surface area contributed by atoms with Crippen LogP contribution in [0.5, 0.6) is 0 Å². The minimum Gasteiger partial charge on any atom is -0.342 e. The van der Waals surface area contributed by atoms with E-state index in [9.17, 15) is 9.59 Å². The molecule has 9 heteroatoms. The Labute approximate surface area is 224 Å². The van der Waals surface area contributed by atoms with E-state index in [4.69, 9.17) is 5.10 Å². The molecule has 35 heavy (non-hydrogen) atoms. The highest BCUT2D eigenvalue weighted by Crippen LogP contribution is 2.35. The molecule has 2 aliphatic heterocycles. The van der Waals surface area contributed by atoms with E-state index in [0.717, 1.165) is 38.2 Å². The zero-order chi connectivity index (χ0) is 24.6. The molecule has 7 nitrogen and oxygen atoms in total. The molecule has 0 unspecified atom stereocenters. The van der Waals surface area contributed by atoms with Crippen molar-refractivity contribution in [3.63, 3.8) is 0 Å². The maximum absolute atomic E-state index is 13.4. The number of nitrogens with one attached hydrogen (secondary N) is 1. The Morgan fingerprint density at radius 1 is 1.11 bits per heavy atom. The fraction of sp³-hybridized carbons (Fsp3) is 0.808. The lowest BCUT2D eigenvalue weighted by Gasteiger charge is -2.52. The van der Waals surface area contributed by atoms with Crippen molar-refractivity contribution in [3.8, 4) is 0 Å². The van der Waals surface area contributed by atoms with E-state index >= 15 is 0 Å². The zero-order valence-corrected chi connectivity index (χ0v) is 24.6. The largest absolute Gasteiger partial charge is 0.342 e. The summed E-state index contributed by atoms with van der Waals surface area (Å²) in [4.78, 5) is 31.2. The van der Waals surface area contributed by atoms with Gasteiger partial charge < -0.3 is 10.2 Å². The molecule has 1 atom stereocenters. The summed E-state index contributed by atoms with van der Waals surface area (Å²) in [7, 11) is 0. The Balaban J connectivity index is 0.00000306. The topological polar surface area (TPSA) is 70.5 Å². The average Bonchev–Trinajstić information content (AvgIpc) is 3.01. The first-order valence-corrected chi connectivity index (χ1v) is 12.8. The number of likely N-dealkylation sites (tertiary alicyclic amines) is 1. The first-order chi connectivity index (χ1) is 15.4. The Kier molecular flexibility index (Phi) is 11.1. The molecular formula is C26H47Cl2N5O2. The quantitative estimate of drug-likeness (QED) is 0.557. The number of unbranched alkanes of at least 4 members (excludes halogenated alkanes) is 1. The molecule has 0 radical (unpaired) electrons. The van der Waals surface area contributed by atoms with Gasteiger partial charge in [0.15, 0.2) is 0 Å². The van der Waals surface area contributed by atoms with Crippen LogP contribution in [0.4, 0.5) is 0 Å². The number of amides is 2. The van der Waals surface area contributed by atoms with Gasteiger partial charge >= 0.3 is 0 Å². The van der Waals surface area contributed by atoms with Crippen LogP contribution in [0.2, 0.25) is 0 Å². The van der Waals surface area contributed by atoms with Crippen LogP contribution in [0.25, 0.3) is 0 Å². The van der Waals surface area contributed by atoms with E-state index in [-0.39, 0.29) is 48.2 Å². The number of halogens is 2. The van der Waals surface area contributed by atoms with Gasteiger partial charge in [-0.15, -0.1) is 24.8 Å². The van der Waals surface area contributed by atoms with Crippen molar-refractivity contribution in [1.82, 2.24) is 24.9 Å². The van der Waals surface area contributed by atoms with Crippen molar-refractivity contribution in [2.45, 2.75) is 111 Å². The van der Waals surface area contributed by atoms with E-state index in [1.54, 1.807) is 0 Å². The molecule has 2 fully saturated rings. The van der Waals surface area contributed by atoms with Gasteiger partial charge in [0.2, 0.25) is 11.8 Å². The lowest BCUT2D eigenvalue weighted by molar-refractivity contribution is -0.161. The minimum absolute atomic E-state index is 0. The summed E-state index contributed by atoms with van der Waals surface area (Å²) < 4.78 is 2.12. The smallest absolute Gasteiger partial charge is 0.246 e. The molecule has 3 heterocycles. The third kappa shape index (κ3) is 6.53. The van der Waals surface area contributed by atoms with Gasteiger partial charge in [0, 0.05) is 37.4 Å². The van der Waals surface area contributed by atoms with Crippen LogP contribution in [-0.2, 0) is 21.7 Å². The predicted molar refractivity (Wildman–Crippen MR) is 146 cm³/mol. The maximum atomic E-state index is 13.4. The summed E-state index contributed by atoms with van der Waals surface area (Å²) in [6, 6.07) is -0.383. The normalized spacial score (nSPS) is 20.6. The van der Waals surface area contributed by atoms with E-state index in [2.05, 4.69) is 70.3 Å². The fourth-order valence-corrected chi connectivity index (χ4v) is 5.51. The fourth-order valence-electron chi connectivity index (χ4n) is 5.51. The number of piperidine rings is 1. The summed E-state index contributed by atoms with van der Waals surface area (Å²) in [5.41, 5.74) is 2.83. The molecular weight excluding hydrogens is 485 g/mol. The van der Waals surface area contributed by atoms with E-state index in [1.165, 1.54) is 11.3 Å². The van der Waals surface area contributed by atoms with Crippen LogP contribution in [-0.4, -0.2) is 62.6 Å². The Hall–Kier alpha value is -1.31. The van der Waals surface area contributed by atoms with Gasteiger partial charge in [-0.1, -0.05) is 27.2 Å². The Morgan fingerprint density at radius 2 is 1.71 bits per heavy atom. The number of carbonyl (C=O) groups is 2. The van der Waals surface area contributed by atoms with E-state index in [0.29, 0.717) is 31.7 Å². The number of nitrogens with zero attached hydrogens (tertiary/aromatic N) is 4. The number of piperazine rings is 1. The summed E-state index contributed by atoms with van der Waals surface area (Å²) in [6.45, 7) is 20.2. The van der Waals surface area contributed by atoms with Crippen molar-refractivity contribution < 1.29 is 9.59 Å². The van der Waals surface area contributed by atoms with Gasteiger partial charge in [-0.3, -0.25) is 19.2 Å². The third-order valence-corrected chi connectivity index (χ3v) is 7.39. The standard InChI is InChI=1S/C26H45N5O2.2ClH/c1-9-10-13-30-23(32)22(16-18(2)3)27-24(33)26(30)11-14-29(15-12-26)17-21-19(4)28-31(20(21)5)25(6,7)8;;/h18,22H,9-17H2,1-8H3,(H,27,33);2*1H/t22-;;/m0../s1. The first-order valence-electron chi connectivity index (χ1n) is 12.8. The van der Waals surface area contributed by atoms with Gasteiger partial charge in [-0.05, 0) is 66.2 Å². The van der Waals surface area contributed by atoms with Gasteiger partial charge in [0.25, 0.3) is 0 Å². The molecule has 2 saturated heterocycles. The molecule has 1 spiro atoms. The SMILES string of the molecule is CCCCN1C(=O)[C@H](CC(C)C)NC(=O)C12CCN(Cc1c(C)nn(C(C)(C)C)c1C)CC2.Cl.Cl. The van der Waals surface area contributed by atoms with Crippen LogP contribution in [0, 0.1) is 19.8 Å². The molecule has 1 aromatic heterocycles. The molecule has 0 aliphatic carbocycles. The monoisotopic (exact) mass is 531 g/mol. The van der Waals surface area contributed by atoms with Crippen molar-refractivity contribution in [3.05, 3.63) is 17.0 Å². The van der Waals surface area contributed by atoms with Crippen LogP contribution < -0.4 is 5.32 Å². The van der Waals surface area contributed by atoms with Crippen LogP contribution >= 0.6 is 24.8 Å². The van der Waals surface area contributed by atoms with Gasteiger partial charge in [-0.2, -0.15) is 5.10 Å². The lowest BCUT2D eigenvalue weighted by Crippen LogP contribution is -2.73. The highest BCUT2D eigenvalue weighted by molar-refractivity contribution is 6.00. The second-order valence-electron chi connectivity index (χ2n) is 11.5. The molecule has 2 aliphatic rings. The molecule has 3 rings (SSSR count). The van der Waals surface area contributed by atoms with Gasteiger partial charge in [0.1, 0.15) is 11.6 Å². The summed E-state index contributed by atoms with van der Waals surface area (Å²) in [5.74, 6) is 0.531. The van der Waals surface area contributed by atoms with Gasteiger partial charge in [0.05, 0.1) is 11.2 Å². The second-order valence-corrected chi connectivity index (χ2v) is 11.5. The minimum atomic E-state index is -0.698. The third-order valence-electron chi connectivity index (χ3n) is 7.39. The number of rotatable bonds is 7. The molecule has 1 N–H and O–H groups in total. The van der Waals surface area contributed by atoms with Crippen molar-refractivity contribution in [2.75, 3.05) is 19.6 Å². The van der Waals surface area contributed by atoms with Crippen molar-refractivity contribution in [2.24, 2.45) is 5.92 Å². The molecule has 0 saturated carbocycles. The Bertz CT molecular complexity index is 870. The highest BCUT2D eigenvalue weighted by Gasteiger charge is 2.53. The highest BCUT2D eigenvalue weighted by atomic mass is 35.5. The summed E-state index contributed by atoms with van der Waals surface area (Å²) >= 11 is 0. The predicted octanol–water partition coefficient (Wildman–Crippen LogP) is 4.61. The molecule has 202 valence electrons. The molecule has 2 amide bonds. The molecule has 0 bridgehead atoms. The number of hydrogen-bond acceptors (Lipinski definition) is 4. The zero-order valence-electron chi connectivity index (χ0n) is 22.9. The molecule has 0 aromatic carbocycles. The van der Waals surface area contributed by atoms with Crippen molar-refractivity contribution >= 4 is 36.6 Å². The average molecular weight is 533 g/mol. The molecule has 1 aromatic rings. The lowest BCUT2D eigenvalue weighted by atomic mass is 9.80. The number of carbonyl (C=O) groups excluding carboxylic acids is 2. The van der Waals surface area contributed by atoms with Crippen LogP contribution in [0.3, 0.4) is 0 Å². The van der Waals surface area contributed by atoms with Crippen LogP contribution in [0.1, 0.15) is 90.6 Å². The van der Waals surface area contributed by atoms with E-state index < -0.39 is 5.54 Å². The van der Waals surface area contributed by atoms with Crippen LogP contribution in [0.15, 0.2) is 0 Å². The van der Waals surface area contributed by atoms with Gasteiger partial charge in [-0.25, -0.2) is 0 Å². The van der Waals surface area contributed by atoms with E-state index in [1.807, 2.05) is 4.90 Å². The van der Waals surface area contributed by atoms with Crippen molar-refractivity contribution in [1.29, 1.82) is 0 Å². The summed E-state index contributed by atoms with van der Waals surface area (Å²) in [6.07, 6.45) is 4.02. The Morgan fingerprint density at radius 3 is 2.20 bits per heavy atom. The second kappa shape index (κ2) is 12.3. The number of aryl methyl sites for hydroxylation is 1. The number of hydrogen-bond donors (Lipinski definition) is 1. The maximum Gasteiger partial charge on any atom is 0.246 e. The first kappa shape index (κ1) is 31.7. The number of aromatic nitrogens is 2. The summed E-state index contributed by atoms with van der Waals surface area (Å²) in [5, 5.41) is 7.91.